The lowest BCUT2D eigenvalue weighted by Crippen LogP contribution is -2.34. The van der Waals surface area contributed by atoms with Crippen LogP contribution in [-0.2, 0) is 16.1 Å². The second-order valence-electron chi connectivity index (χ2n) is 6.75. The Morgan fingerprint density at radius 2 is 1.79 bits per heavy atom. The van der Waals surface area contributed by atoms with Crippen molar-refractivity contribution in [2.75, 3.05) is 14.2 Å². The zero-order chi connectivity index (χ0) is 20.3. The number of carboxylic acids is 1. The van der Waals surface area contributed by atoms with Gasteiger partial charge in [0.05, 0.1) is 24.6 Å². The number of nitrogens with zero attached hydrogens (tertiary/aromatic N) is 1. The van der Waals surface area contributed by atoms with Crippen molar-refractivity contribution in [3.05, 3.63) is 65.2 Å². The summed E-state index contributed by atoms with van der Waals surface area (Å²) in [6.07, 6.45) is 0.150. The molecule has 0 saturated carbocycles. The highest BCUT2D eigenvalue weighted by Crippen LogP contribution is 2.37. The predicted molar refractivity (Wildman–Crippen MR) is 102 cm³/mol. The van der Waals surface area contributed by atoms with Gasteiger partial charge in [-0.1, -0.05) is 24.3 Å². The summed E-state index contributed by atoms with van der Waals surface area (Å²) in [5.41, 5.74) is 1.86. The van der Waals surface area contributed by atoms with Gasteiger partial charge in [0, 0.05) is 20.0 Å². The number of nitrogens with one attached hydrogen (secondary N) is 1. The zero-order valence-corrected chi connectivity index (χ0v) is 15.7. The molecule has 0 aliphatic carbocycles. The third kappa shape index (κ3) is 3.98. The average molecular weight is 382 g/mol. The molecule has 1 saturated heterocycles. The van der Waals surface area contributed by atoms with Crippen molar-refractivity contribution in [3.63, 3.8) is 0 Å². The monoisotopic (exact) mass is 382 g/mol. The fourth-order valence-corrected chi connectivity index (χ4v) is 3.45. The van der Waals surface area contributed by atoms with Crippen molar-refractivity contribution < 1.29 is 24.2 Å². The minimum absolute atomic E-state index is 0.0771. The summed E-state index contributed by atoms with van der Waals surface area (Å²) in [5, 5.41) is 11.8. The van der Waals surface area contributed by atoms with Crippen LogP contribution in [0.4, 0.5) is 0 Å². The van der Waals surface area contributed by atoms with Gasteiger partial charge in [0.25, 0.3) is 0 Å². The van der Waals surface area contributed by atoms with E-state index in [0.29, 0.717) is 5.75 Å². The number of hydrogen-bond acceptors (Lipinski definition) is 4. The number of carbonyl (C=O) groups excluding carboxylic acids is 2. The van der Waals surface area contributed by atoms with Gasteiger partial charge in [0.2, 0.25) is 11.8 Å². The van der Waals surface area contributed by atoms with E-state index >= 15 is 0 Å². The highest BCUT2D eigenvalue weighted by Gasteiger charge is 2.42. The van der Waals surface area contributed by atoms with Crippen LogP contribution in [0.15, 0.2) is 48.5 Å². The third-order valence-corrected chi connectivity index (χ3v) is 5.05. The molecule has 0 bridgehead atoms. The topological polar surface area (TPSA) is 95.9 Å². The first-order valence-electron chi connectivity index (χ1n) is 8.90. The van der Waals surface area contributed by atoms with E-state index in [4.69, 9.17) is 9.84 Å². The molecule has 1 aliphatic rings. The highest BCUT2D eigenvalue weighted by atomic mass is 16.5. The number of amides is 2. The van der Waals surface area contributed by atoms with Crippen molar-refractivity contribution in [2.24, 2.45) is 5.92 Å². The van der Waals surface area contributed by atoms with Crippen molar-refractivity contribution >= 4 is 17.8 Å². The summed E-state index contributed by atoms with van der Waals surface area (Å²) in [4.78, 5) is 37.5. The summed E-state index contributed by atoms with van der Waals surface area (Å²) < 4.78 is 5.17. The number of benzene rings is 2. The van der Waals surface area contributed by atoms with Crippen LogP contribution in [-0.4, -0.2) is 41.9 Å². The minimum atomic E-state index is -0.995. The van der Waals surface area contributed by atoms with Crippen LogP contribution in [0.3, 0.4) is 0 Å². The molecule has 146 valence electrons. The first-order chi connectivity index (χ1) is 13.4. The first kappa shape index (κ1) is 19.4. The van der Waals surface area contributed by atoms with Gasteiger partial charge in [-0.05, 0) is 35.4 Å². The number of ether oxygens (including phenoxy) is 1. The standard InChI is InChI=1S/C21H22N2O5/c1-23-18(24)11-17(19(23)14-7-9-16(28-2)10-8-14)20(25)22-12-13-3-5-15(6-4-13)21(26)27/h3-10,17,19H,11-12H2,1-2H3,(H,22,25)(H,26,27)/t17-,19-/m1/s1. The molecule has 0 unspecified atom stereocenters. The molecular formula is C21H22N2O5. The molecule has 7 heteroatoms. The van der Waals surface area contributed by atoms with Crippen molar-refractivity contribution in [1.82, 2.24) is 10.2 Å². The molecule has 2 aromatic rings. The fraction of sp³-hybridized carbons (Fsp3) is 0.286. The molecule has 2 amide bonds. The Bertz CT molecular complexity index is 877. The molecule has 7 nitrogen and oxygen atoms in total. The van der Waals surface area contributed by atoms with Gasteiger partial charge in [0.15, 0.2) is 0 Å². The molecule has 1 fully saturated rings. The number of rotatable bonds is 6. The van der Waals surface area contributed by atoms with Gasteiger partial charge in [-0.3, -0.25) is 9.59 Å². The Labute approximate surface area is 162 Å². The first-order valence-corrected chi connectivity index (χ1v) is 8.90. The zero-order valence-electron chi connectivity index (χ0n) is 15.7. The van der Waals surface area contributed by atoms with Crippen LogP contribution in [0.1, 0.15) is 33.9 Å². The van der Waals surface area contributed by atoms with Gasteiger partial charge in [-0.15, -0.1) is 0 Å². The lowest BCUT2D eigenvalue weighted by molar-refractivity contribution is -0.128. The van der Waals surface area contributed by atoms with Crippen LogP contribution in [0.5, 0.6) is 5.75 Å². The van der Waals surface area contributed by atoms with Crippen LogP contribution < -0.4 is 10.1 Å². The highest BCUT2D eigenvalue weighted by molar-refractivity contribution is 5.90. The fourth-order valence-electron chi connectivity index (χ4n) is 3.45. The Hall–Kier alpha value is -3.35. The molecule has 3 rings (SSSR count). The number of hydrogen-bond donors (Lipinski definition) is 2. The summed E-state index contributed by atoms with van der Waals surface area (Å²) >= 11 is 0. The smallest absolute Gasteiger partial charge is 0.335 e. The van der Waals surface area contributed by atoms with E-state index in [0.717, 1.165) is 11.1 Å². The van der Waals surface area contributed by atoms with E-state index in [9.17, 15) is 14.4 Å². The second-order valence-corrected chi connectivity index (χ2v) is 6.75. The maximum Gasteiger partial charge on any atom is 0.335 e. The number of aromatic carboxylic acids is 1. The third-order valence-electron chi connectivity index (χ3n) is 5.05. The summed E-state index contributed by atoms with van der Waals surface area (Å²) in [6, 6.07) is 13.3. The van der Waals surface area contributed by atoms with Crippen LogP contribution in [0, 0.1) is 5.92 Å². The number of carbonyl (C=O) groups is 3. The quantitative estimate of drug-likeness (QED) is 0.799. The van der Waals surface area contributed by atoms with Crippen LogP contribution >= 0.6 is 0 Å². The molecule has 0 spiro atoms. The van der Waals surface area contributed by atoms with E-state index in [1.807, 2.05) is 24.3 Å². The SMILES string of the molecule is COc1ccc([C@@H]2[C@H](C(=O)NCc3ccc(C(=O)O)cc3)CC(=O)N2C)cc1. The second kappa shape index (κ2) is 8.12. The average Bonchev–Trinajstić information content (AvgIpc) is 3.01. The van der Waals surface area contributed by atoms with E-state index < -0.39 is 11.9 Å². The molecule has 0 aromatic heterocycles. The van der Waals surface area contributed by atoms with E-state index in [2.05, 4.69) is 5.32 Å². The summed E-state index contributed by atoms with van der Waals surface area (Å²) in [6.45, 7) is 0.266. The van der Waals surface area contributed by atoms with Crippen LogP contribution in [0.25, 0.3) is 0 Å². The Morgan fingerprint density at radius 3 is 2.36 bits per heavy atom. The number of methoxy groups -OCH3 is 1. The molecular weight excluding hydrogens is 360 g/mol. The Kier molecular flexibility index (Phi) is 5.63. The van der Waals surface area contributed by atoms with Gasteiger partial charge >= 0.3 is 5.97 Å². The van der Waals surface area contributed by atoms with Gasteiger partial charge in [0.1, 0.15) is 5.75 Å². The maximum absolute atomic E-state index is 12.8. The molecule has 1 heterocycles. The van der Waals surface area contributed by atoms with E-state index in [-0.39, 0.29) is 36.4 Å². The van der Waals surface area contributed by atoms with Gasteiger partial charge in [-0.2, -0.15) is 0 Å². The van der Waals surface area contributed by atoms with Crippen molar-refractivity contribution in [3.8, 4) is 5.75 Å². The lowest BCUT2D eigenvalue weighted by Gasteiger charge is -2.25. The molecule has 2 N–H and O–H groups in total. The van der Waals surface area contributed by atoms with Gasteiger partial charge < -0.3 is 20.1 Å². The van der Waals surface area contributed by atoms with Crippen molar-refractivity contribution in [2.45, 2.75) is 19.0 Å². The Balaban J connectivity index is 1.71. The van der Waals surface area contributed by atoms with Crippen LogP contribution in [0.2, 0.25) is 0 Å². The van der Waals surface area contributed by atoms with E-state index in [1.54, 1.807) is 31.2 Å². The summed E-state index contributed by atoms with van der Waals surface area (Å²) in [7, 11) is 3.29. The molecule has 0 radical (unpaired) electrons. The largest absolute Gasteiger partial charge is 0.497 e. The van der Waals surface area contributed by atoms with E-state index in [1.165, 1.54) is 12.1 Å². The van der Waals surface area contributed by atoms with Crippen molar-refractivity contribution in [1.29, 1.82) is 0 Å². The maximum atomic E-state index is 12.8. The molecule has 1 aliphatic heterocycles. The normalized spacial score (nSPS) is 18.8. The predicted octanol–water partition coefficient (Wildman–Crippen LogP) is 2.23. The number of likely N-dealkylation sites (tertiary alicyclic amines) is 1. The molecule has 2 aromatic carbocycles. The molecule has 2 atom stereocenters. The Morgan fingerprint density at radius 1 is 1.14 bits per heavy atom. The minimum Gasteiger partial charge on any atom is -0.497 e. The number of carboxylic acid groups (broad SMARTS) is 1. The van der Waals surface area contributed by atoms with Gasteiger partial charge in [-0.25, -0.2) is 4.79 Å². The lowest BCUT2D eigenvalue weighted by atomic mass is 9.92. The molecule has 28 heavy (non-hydrogen) atoms. The summed E-state index contributed by atoms with van der Waals surface area (Å²) in [5.74, 6) is -1.07.